The topological polar surface area (TPSA) is 122 Å². The molecule has 0 bridgehead atoms. The van der Waals surface area contributed by atoms with Crippen molar-refractivity contribution in [3.63, 3.8) is 0 Å². The van der Waals surface area contributed by atoms with E-state index in [1.807, 2.05) is 0 Å². The predicted molar refractivity (Wildman–Crippen MR) is 61.2 cm³/mol. The van der Waals surface area contributed by atoms with Gasteiger partial charge in [0.15, 0.2) is 0 Å². The van der Waals surface area contributed by atoms with Crippen LogP contribution in [0.25, 0.3) is 0 Å². The lowest BCUT2D eigenvalue weighted by Crippen LogP contribution is -2.48. The van der Waals surface area contributed by atoms with Gasteiger partial charge in [-0.05, 0) is 20.8 Å². The van der Waals surface area contributed by atoms with Crippen LogP contribution in [0.2, 0.25) is 0 Å². The first kappa shape index (κ1) is 15.2. The van der Waals surface area contributed by atoms with Crippen molar-refractivity contribution in [2.45, 2.75) is 39.3 Å². The first-order valence-electron chi connectivity index (χ1n) is 5.32. The van der Waals surface area contributed by atoms with Gasteiger partial charge in [0.1, 0.15) is 0 Å². The minimum atomic E-state index is -0.983. The molecule has 5 N–H and O–H groups in total. The number of carboxylic acid groups (broad SMARTS) is 1. The number of carbonyl (C=O) groups is 3. The van der Waals surface area contributed by atoms with Crippen molar-refractivity contribution in [2.24, 2.45) is 11.7 Å². The summed E-state index contributed by atoms with van der Waals surface area (Å²) in [4.78, 5) is 32.6. The van der Waals surface area contributed by atoms with Crippen LogP contribution in [0.4, 0.5) is 4.79 Å². The second kappa shape index (κ2) is 6.72. The van der Waals surface area contributed by atoms with E-state index >= 15 is 0 Å². The van der Waals surface area contributed by atoms with Crippen LogP contribution >= 0.6 is 0 Å². The highest BCUT2D eigenvalue weighted by Crippen LogP contribution is 2.02. The van der Waals surface area contributed by atoms with Crippen molar-refractivity contribution in [3.05, 3.63) is 0 Å². The average Bonchev–Trinajstić information content (AvgIpc) is 2.13. The van der Waals surface area contributed by atoms with Gasteiger partial charge in [0.25, 0.3) is 0 Å². The van der Waals surface area contributed by atoms with Gasteiger partial charge in [0.05, 0.1) is 5.92 Å². The number of carboxylic acids is 1. The van der Waals surface area contributed by atoms with Gasteiger partial charge in [0, 0.05) is 18.5 Å². The smallest absolute Gasteiger partial charge is 0.315 e. The van der Waals surface area contributed by atoms with Crippen molar-refractivity contribution in [3.8, 4) is 0 Å². The molecule has 0 aliphatic heterocycles. The fraction of sp³-hybridized carbons (Fsp3) is 0.700. The zero-order chi connectivity index (χ0) is 13.6. The molecule has 0 saturated heterocycles. The molecule has 0 aromatic carbocycles. The van der Waals surface area contributed by atoms with Crippen molar-refractivity contribution in [1.82, 2.24) is 10.6 Å². The van der Waals surface area contributed by atoms with E-state index in [1.54, 1.807) is 13.8 Å². The summed E-state index contributed by atoms with van der Waals surface area (Å²) in [6.07, 6.45) is 0.0380. The SMILES string of the molecule is CC(CC(N)=O)NC(=O)NC(C)C(C)C(=O)O. The zero-order valence-electron chi connectivity index (χ0n) is 10.2. The predicted octanol–water partition coefficient (Wildman–Crippen LogP) is -0.341. The number of urea groups is 1. The Bertz CT molecular complexity index is 306. The lowest BCUT2D eigenvalue weighted by molar-refractivity contribution is -0.141. The van der Waals surface area contributed by atoms with Gasteiger partial charge >= 0.3 is 12.0 Å². The van der Waals surface area contributed by atoms with Gasteiger partial charge in [0.2, 0.25) is 5.91 Å². The Balaban J connectivity index is 4.09. The lowest BCUT2D eigenvalue weighted by atomic mass is 10.0. The van der Waals surface area contributed by atoms with E-state index in [1.165, 1.54) is 6.92 Å². The highest BCUT2D eigenvalue weighted by atomic mass is 16.4. The molecular formula is C10H19N3O4. The van der Waals surface area contributed by atoms with E-state index in [9.17, 15) is 14.4 Å². The van der Waals surface area contributed by atoms with Gasteiger partial charge in [-0.15, -0.1) is 0 Å². The second-order valence-electron chi connectivity index (χ2n) is 4.10. The van der Waals surface area contributed by atoms with Crippen LogP contribution in [0.5, 0.6) is 0 Å². The van der Waals surface area contributed by atoms with Crippen molar-refractivity contribution >= 4 is 17.9 Å². The van der Waals surface area contributed by atoms with Crippen LogP contribution in [0.3, 0.4) is 0 Å². The molecule has 98 valence electrons. The third-order valence-electron chi connectivity index (χ3n) is 2.38. The zero-order valence-corrected chi connectivity index (χ0v) is 10.2. The normalized spacial score (nSPS) is 15.5. The maximum Gasteiger partial charge on any atom is 0.315 e. The molecule has 3 atom stereocenters. The molecule has 0 spiro atoms. The Labute approximate surface area is 99.7 Å². The molecule has 0 aromatic heterocycles. The van der Waals surface area contributed by atoms with Gasteiger partial charge in [-0.25, -0.2) is 4.79 Å². The summed E-state index contributed by atoms with van der Waals surface area (Å²) in [7, 11) is 0. The summed E-state index contributed by atoms with van der Waals surface area (Å²) in [6, 6.07) is -1.41. The Kier molecular flexibility index (Phi) is 6.01. The van der Waals surface area contributed by atoms with Crippen LogP contribution in [-0.2, 0) is 9.59 Å². The number of rotatable bonds is 6. The molecular weight excluding hydrogens is 226 g/mol. The van der Waals surface area contributed by atoms with Crippen LogP contribution in [0, 0.1) is 5.92 Å². The van der Waals surface area contributed by atoms with E-state index in [0.717, 1.165) is 0 Å². The number of nitrogens with two attached hydrogens (primary N) is 1. The third-order valence-corrected chi connectivity index (χ3v) is 2.38. The molecule has 7 heteroatoms. The largest absolute Gasteiger partial charge is 0.481 e. The molecule has 0 heterocycles. The van der Waals surface area contributed by atoms with Crippen LogP contribution < -0.4 is 16.4 Å². The molecule has 7 nitrogen and oxygen atoms in total. The molecule has 0 rings (SSSR count). The minimum Gasteiger partial charge on any atom is -0.481 e. The van der Waals surface area contributed by atoms with Crippen LogP contribution in [0.1, 0.15) is 27.2 Å². The van der Waals surface area contributed by atoms with Crippen molar-refractivity contribution < 1.29 is 19.5 Å². The Hall–Kier alpha value is -1.79. The van der Waals surface area contributed by atoms with Gasteiger partial charge < -0.3 is 21.5 Å². The van der Waals surface area contributed by atoms with E-state index in [4.69, 9.17) is 10.8 Å². The number of hydrogen-bond acceptors (Lipinski definition) is 3. The van der Waals surface area contributed by atoms with Crippen molar-refractivity contribution in [2.75, 3.05) is 0 Å². The third kappa shape index (κ3) is 6.39. The number of hydrogen-bond donors (Lipinski definition) is 4. The van der Waals surface area contributed by atoms with Crippen LogP contribution in [0.15, 0.2) is 0 Å². The second-order valence-corrected chi connectivity index (χ2v) is 4.10. The fourth-order valence-corrected chi connectivity index (χ4v) is 1.16. The molecule has 0 fully saturated rings. The fourth-order valence-electron chi connectivity index (χ4n) is 1.16. The average molecular weight is 245 g/mol. The molecule has 3 amide bonds. The maximum absolute atomic E-state index is 11.4. The molecule has 0 aliphatic rings. The van der Waals surface area contributed by atoms with Crippen LogP contribution in [-0.4, -0.2) is 35.1 Å². The number of nitrogens with one attached hydrogen (secondary N) is 2. The molecule has 0 aromatic rings. The summed E-state index contributed by atoms with van der Waals surface area (Å²) in [5.74, 6) is -2.18. The summed E-state index contributed by atoms with van der Waals surface area (Å²) in [6.45, 7) is 4.73. The molecule has 0 aliphatic carbocycles. The summed E-state index contributed by atoms with van der Waals surface area (Å²) in [5.41, 5.74) is 4.97. The first-order chi connectivity index (χ1) is 7.73. The maximum atomic E-state index is 11.4. The lowest BCUT2D eigenvalue weighted by Gasteiger charge is -2.20. The molecule has 0 saturated carbocycles. The van der Waals surface area contributed by atoms with E-state index < -0.39 is 29.9 Å². The quantitative estimate of drug-likeness (QED) is 0.511. The molecule has 17 heavy (non-hydrogen) atoms. The molecule has 0 radical (unpaired) electrons. The summed E-state index contributed by atoms with van der Waals surface area (Å²) in [5, 5.41) is 13.7. The van der Waals surface area contributed by atoms with Gasteiger partial charge in [-0.3, -0.25) is 9.59 Å². The Morgan fingerprint density at radius 2 is 1.71 bits per heavy atom. The van der Waals surface area contributed by atoms with Gasteiger partial charge in [-0.1, -0.05) is 0 Å². The summed E-state index contributed by atoms with van der Waals surface area (Å²) < 4.78 is 0. The monoisotopic (exact) mass is 245 g/mol. The highest BCUT2D eigenvalue weighted by Gasteiger charge is 2.21. The standard InChI is InChI=1S/C10H19N3O4/c1-5(4-8(11)14)12-10(17)13-7(3)6(2)9(15)16/h5-7H,4H2,1-3H3,(H2,11,14)(H,15,16)(H2,12,13,17). The van der Waals surface area contributed by atoms with E-state index in [0.29, 0.717) is 0 Å². The Morgan fingerprint density at radius 1 is 1.18 bits per heavy atom. The number of primary amides is 1. The number of amides is 3. The number of carbonyl (C=O) groups excluding carboxylic acids is 2. The number of aliphatic carboxylic acids is 1. The summed E-state index contributed by atoms with van der Waals surface area (Å²) >= 11 is 0. The van der Waals surface area contributed by atoms with Crippen molar-refractivity contribution in [1.29, 1.82) is 0 Å². The first-order valence-corrected chi connectivity index (χ1v) is 5.32. The van der Waals surface area contributed by atoms with E-state index in [-0.39, 0.29) is 12.5 Å². The van der Waals surface area contributed by atoms with E-state index in [2.05, 4.69) is 10.6 Å². The molecule has 3 unspecified atom stereocenters. The van der Waals surface area contributed by atoms with Gasteiger partial charge in [-0.2, -0.15) is 0 Å². The highest BCUT2D eigenvalue weighted by molar-refractivity contribution is 5.78. The Morgan fingerprint density at radius 3 is 2.12 bits per heavy atom. The minimum absolute atomic E-state index is 0.0380.